The SMILES string of the molecule is CCOC(=O)/C(C#N)=N\Nc1c(S(=O)(=O)Cc2ccco2)csc1C(=O)OC. The summed E-state index contributed by atoms with van der Waals surface area (Å²) >= 11 is 0.811. The second-order valence-electron chi connectivity index (χ2n) is 5.04. The van der Waals surface area contributed by atoms with Crippen LogP contribution in [0.3, 0.4) is 0 Å². The first-order chi connectivity index (χ1) is 13.3. The van der Waals surface area contributed by atoms with Crippen molar-refractivity contribution in [3.8, 4) is 6.07 Å². The first kappa shape index (κ1) is 21.1. The van der Waals surface area contributed by atoms with E-state index < -0.39 is 33.2 Å². The summed E-state index contributed by atoms with van der Waals surface area (Å²) in [6, 6.07) is 4.58. The number of esters is 2. The van der Waals surface area contributed by atoms with E-state index in [1.807, 2.05) is 0 Å². The van der Waals surface area contributed by atoms with E-state index in [0.717, 1.165) is 18.4 Å². The van der Waals surface area contributed by atoms with Crippen LogP contribution in [0.15, 0.2) is 38.2 Å². The van der Waals surface area contributed by atoms with E-state index in [9.17, 15) is 18.0 Å². The average molecular weight is 425 g/mol. The first-order valence-electron chi connectivity index (χ1n) is 7.69. The van der Waals surface area contributed by atoms with Crippen LogP contribution in [0.1, 0.15) is 22.4 Å². The summed E-state index contributed by atoms with van der Waals surface area (Å²) in [5.74, 6) is -2.06. The fraction of sp³-hybridized carbons (Fsp3) is 0.250. The normalized spacial score (nSPS) is 11.5. The smallest absolute Gasteiger partial charge is 0.369 e. The second-order valence-corrected chi connectivity index (χ2v) is 7.88. The topological polar surface area (TPSA) is 148 Å². The summed E-state index contributed by atoms with van der Waals surface area (Å²) in [6.45, 7) is 1.57. The predicted octanol–water partition coefficient (Wildman–Crippen LogP) is 1.96. The number of ether oxygens (including phenoxy) is 2. The molecule has 148 valence electrons. The van der Waals surface area contributed by atoms with Crippen LogP contribution in [0, 0.1) is 11.3 Å². The van der Waals surface area contributed by atoms with Gasteiger partial charge in [-0.1, -0.05) is 0 Å². The highest BCUT2D eigenvalue weighted by atomic mass is 32.2. The molecule has 28 heavy (non-hydrogen) atoms. The van der Waals surface area contributed by atoms with Gasteiger partial charge in [0.1, 0.15) is 33.0 Å². The quantitative estimate of drug-likeness (QED) is 0.380. The molecule has 0 radical (unpaired) electrons. The standard InChI is InChI=1S/C16H15N3O7S2/c1-3-25-15(20)11(7-17)18-19-13-12(8-27-14(13)16(21)24-2)28(22,23)9-10-5-4-6-26-10/h4-6,8,19H,3,9H2,1-2H3/b18-11-. The monoisotopic (exact) mass is 425 g/mol. The van der Waals surface area contributed by atoms with Gasteiger partial charge in [-0.15, -0.1) is 11.3 Å². The third-order valence-corrected chi connectivity index (χ3v) is 6.00. The van der Waals surface area contributed by atoms with Crippen LogP contribution in [0.2, 0.25) is 0 Å². The number of nitriles is 1. The molecular formula is C16H15N3O7S2. The Balaban J connectivity index is 2.46. The van der Waals surface area contributed by atoms with Gasteiger partial charge >= 0.3 is 11.9 Å². The van der Waals surface area contributed by atoms with Gasteiger partial charge in [-0.05, 0) is 19.1 Å². The molecule has 0 spiro atoms. The van der Waals surface area contributed by atoms with Gasteiger partial charge in [0.15, 0.2) is 9.84 Å². The summed E-state index contributed by atoms with van der Waals surface area (Å²) in [5.41, 5.74) is 1.47. The maximum atomic E-state index is 12.7. The summed E-state index contributed by atoms with van der Waals surface area (Å²) in [6.07, 6.45) is 1.33. The van der Waals surface area contributed by atoms with Gasteiger partial charge in [-0.2, -0.15) is 10.4 Å². The molecule has 0 bridgehead atoms. The van der Waals surface area contributed by atoms with E-state index in [1.165, 1.54) is 17.7 Å². The van der Waals surface area contributed by atoms with Crippen molar-refractivity contribution in [2.24, 2.45) is 5.10 Å². The number of sulfone groups is 1. The lowest BCUT2D eigenvalue weighted by molar-refractivity contribution is -0.134. The molecule has 0 aromatic carbocycles. The fourth-order valence-corrected chi connectivity index (χ4v) is 4.75. The molecule has 2 heterocycles. The van der Waals surface area contributed by atoms with Crippen LogP contribution in [0.5, 0.6) is 0 Å². The second kappa shape index (κ2) is 9.16. The molecular weight excluding hydrogens is 410 g/mol. The molecule has 1 N–H and O–H groups in total. The minimum Gasteiger partial charge on any atom is -0.468 e. The number of hydrazone groups is 1. The molecule has 0 aliphatic heterocycles. The van der Waals surface area contributed by atoms with Crippen molar-refractivity contribution in [2.75, 3.05) is 19.1 Å². The highest BCUT2D eigenvalue weighted by Gasteiger charge is 2.28. The summed E-state index contributed by atoms with van der Waals surface area (Å²) < 4.78 is 39.9. The molecule has 0 unspecified atom stereocenters. The van der Waals surface area contributed by atoms with E-state index in [0.29, 0.717) is 0 Å². The summed E-state index contributed by atoms with van der Waals surface area (Å²) in [7, 11) is -2.81. The maximum absolute atomic E-state index is 12.7. The zero-order valence-corrected chi connectivity index (χ0v) is 16.4. The van der Waals surface area contributed by atoms with E-state index in [4.69, 9.17) is 9.68 Å². The zero-order chi connectivity index (χ0) is 20.7. The molecule has 2 aromatic heterocycles. The lowest BCUT2D eigenvalue weighted by Crippen LogP contribution is -2.18. The van der Waals surface area contributed by atoms with Crippen LogP contribution in [0.4, 0.5) is 5.69 Å². The molecule has 0 saturated heterocycles. The Labute approximate surface area is 164 Å². The zero-order valence-electron chi connectivity index (χ0n) is 14.8. The van der Waals surface area contributed by atoms with Crippen LogP contribution >= 0.6 is 11.3 Å². The van der Waals surface area contributed by atoms with Crippen LogP contribution in [-0.4, -0.2) is 39.8 Å². The number of rotatable bonds is 8. The van der Waals surface area contributed by atoms with E-state index in [1.54, 1.807) is 19.1 Å². The minimum absolute atomic E-state index is 0.0220. The molecule has 0 amide bonds. The predicted molar refractivity (Wildman–Crippen MR) is 98.6 cm³/mol. The van der Waals surface area contributed by atoms with Gasteiger partial charge in [-0.25, -0.2) is 18.0 Å². The Morgan fingerprint density at radius 3 is 2.75 bits per heavy atom. The number of thiophene rings is 1. The summed E-state index contributed by atoms with van der Waals surface area (Å²) in [5, 5.41) is 13.9. The van der Waals surface area contributed by atoms with Crippen LogP contribution in [0.25, 0.3) is 0 Å². The molecule has 0 saturated carbocycles. The van der Waals surface area contributed by atoms with Crippen molar-refractivity contribution in [1.29, 1.82) is 5.26 Å². The molecule has 10 nitrogen and oxygen atoms in total. The Bertz CT molecular complexity index is 1030. The fourth-order valence-electron chi connectivity index (χ4n) is 2.01. The van der Waals surface area contributed by atoms with Gasteiger partial charge in [0.05, 0.1) is 20.0 Å². The molecule has 0 aliphatic rings. The number of nitrogens with one attached hydrogen (secondary N) is 1. The van der Waals surface area contributed by atoms with Gasteiger partial charge in [0.25, 0.3) is 0 Å². The molecule has 2 aromatic rings. The number of methoxy groups -OCH3 is 1. The average Bonchev–Trinajstić information content (AvgIpc) is 3.31. The number of furan rings is 1. The molecule has 0 fully saturated rings. The van der Waals surface area contributed by atoms with Crippen molar-refractivity contribution < 1.29 is 31.9 Å². The number of carbonyl (C=O) groups is 2. The molecule has 0 aliphatic carbocycles. The highest BCUT2D eigenvalue weighted by molar-refractivity contribution is 7.91. The Kier molecular flexibility index (Phi) is 6.91. The largest absolute Gasteiger partial charge is 0.468 e. The van der Waals surface area contributed by atoms with Crippen LogP contribution in [-0.2, 0) is 29.9 Å². The molecule has 2 rings (SSSR count). The number of carbonyl (C=O) groups excluding carboxylic acids is 2. The maximum Gasteiger partial charge on any atom is 0.369 e. The Morgan fingerprint density at radius 2 is 2.18 bits per heavy atom. The van der Waals surface area contributed by atoms with Crippen molar-refractivity contribution in [3.05, 3.63) is 34.4 Å². The lowest BCUT2D eigenvalue weighted by atomic mass is 10.4. The van der Waals surface area contributed by atoms with Crippen LogP contribution < -0.4 is 5.43 Å². The van der Waals surface area contributed by atoms with E-state index in [-0.39, 0.29) is 27.8 Å². The van der Waals surface area contributed by atoms with Crippen molar-refractivity contribution in [2.45, 2.75) is 17.6 Å². The number of nitrogens with zero attached hydrogens (tertiary/aromatic N) is 2. The third-order valence-electron chi connectivity index (χ3n) is 3.23. The number of hydrogen-bond donors (Lipinski definition) is 1. The van der Waals surface area contributed by atoms with Gasteiger partial charge in [0.2, 0.25) is 5.71 Å². The number of hydrogen-bond acceptors (Lipinski definition) is 11. The van der Waals surface area contributed by atoms with Crippen molar-refractivity contribution >= 4 is 44.5 Å². The number of anilines is 1. The molecule has 0 atom stereocenters. The molecule has 12 heteroatoms. The minimum atomic E-state index is -3.94. The Hall–Kier alpha value is -3.17. The van der Waals surface area contributed by atoms with Crippen molar-refractivity contribution in [1.82, 2.24) is 0 Å². The van der Waals surface area contributed by atoms with Gasteiger partial charge in [-0.3, -0.25) is 5.43 Å². The highest BCUT2D eigenvalue weighted by Crippen LogP contribution is 2.34. The van der Waals surface area contributed by atoms with Gasteiger partial charge in [0, 0.05) is 5.38 Å². The first-order valence-corrected chi connectivity index (χ1v) is 10.2. The Morgan fingerprint density at radius 1 is 1.43 bits per heavy atom. The van der Waals surface area contributed by atoms with E-state index >= 15 is 0 Å². The third kappa shape index (κ3) is 4.76. The van der Waals surface area contributed by atoms with E-state index in [2.05, 4.69) is 20.0 Å². The lowest BCUT2D eigenvalue weighted by Gasteiger charge is -2.07. The summed E-state index contributed by atoms with van der Waals surface area (Å²) in [4.78, 5) is 23.3. The van der Waals surface area contributed by atoms with Gasteiger partial charge < -0.3 is 13.9 Å². The van der Waals surface area contributed by atoms with Crippen molar-refractivity contribution in [3.63, 3.8) is 0 Å².